The summed E-state index contributed by atoms with van der Waals surface area (Å²) in [6.07, 6.45) is 3.93. The van der Waals surface area contributed by atoms with Crippen LogP contribution in [0.25, 0.3) is 0 Å². The van der Waals surface area contributed by atoms with Gasteiger partial charge in [-0.2, -0.15) is 0 Å². The van der Waals surface area contributed by atoms with Gasteiger partial charge in [0.25, 0.3) is 0 Å². The van der Waals surface area contributed by atoms with E-state index in [1.54, 1.807) is 0 Å². The highest BCUT2D eigenvalue weighted by atomic mass is 16.5. The molecule has 0 aromatic rings. The molecule has 0 saturated carbocycles. The Labute approximate surface area is 80.7 Å². The Morgan fingerprint density at radius 3 is 3.00 bits per heavy atom. The molecule has 1 rings (SSSR count). The summed E-state index contributed by atoms with van der Waals surface area (Å²) in [7, 11) is 0. The molecule has 3 heteroatoms. The highest BCUT2D eigenvalue weighted by molar-refractivity contribution is 4.77. The molecule has 1 aliphatic heterocycles. The van der Waals surface area contributed by atoms with E-state index in [9.17, 15) is 0 Å². The number of hydrogen-bond donors (Lipinski definition) is 1. The number of hydrogen-bond acceptors (Lipinski definition) is 3. The van der Waals surface area contributed by atoms with Crippen molar-refractivity contribution in [3.05, 3.63) is 0 Å². The van der Waals surface area contributed by atoms with Crippen LogP contribution in [-0.2, 0) is 4.74 Å². The van der Waals surface area contributed by atoms with E-state index in [1.165, 1.54) is 25.8 Å². The van der Waals surface area contributed by atoms with Gasteiger partial charge in [0.05, 0.1) is 19.8 Å². The van der Waals surface area contributed by atoms with Gasteiger partial charge in [0.1, 0.15) is 0 Å². The van der Waals surface area contributed by atoms with Crippen molar-refractivity contribution in [3.8, 4) is 0 Å². The second-order valence-electron chi connectivity index (χ2n) is 3.58. The van der Waals surface area contributed by atoms with E-state index in [2.05, 4.69) is 11.8 Å². The van der Waals surface area contributed by atoms with Crippen LogP contribution in [0.15, 0.2) is 0 Å². The van der Waals surface area contributed by atoms with Crippen molar-refractivity contribution in [2.45, 2.75) is 32.2 Å². The van der Waals surface area contributed by atoms with Crippen molar-refractivity contribution in [1.82, 2.24) is 4.90 Å². The van der Waals surface area contributed by atoms with E-state index in [0.29, 0.717) is 6.61 Å². The number of aliphatic hydroxyl groups is 1. The van der Waals surface area contributed by atoms with Gasteiger partial charge >= 0.3 is 0 Å². The van der Waals surface area contributed by atoms with Crippen molar-refractivity contribution in [3.63, 3.8) is 0 Å². The number of likely N-dealkylation sites (tertiary alicyclic amines) is 1. The van der Waals surface area contributed by atoms with Crippen LogP contribution in [0.4, 0.5) is 0 Å². The summed E-state index contributed by atoms with van der Waals surface area (Å²) >= 11 is 0. The molecule has 0 aromatic heterocycles. The molecule has 0 amide bonds. The summed E-state index contributed by atoms with van der Waals surface area (Å²) in [6, 6.07) is 0.776. The van der Waals surface area contributed by atoms with E-state index in [-0.39, 0.29) is 6.61 Å². The fourth-order valence-electron chi connectivity index (χ4n) is 2.00. The van der Waals surface area contributed by atoms with Crippen molar-refractivity contribution < 1.29 is 9.84 Å². The summed E-state index contributed by atoms with van der Waals surface area (Å²) in [5.41, 5.74) is 0. The van der Waals surface area contributed by atoms with Gasteiger partial charge in [0, 0.05) is 12.6 Å². The first kappa shape index (κ1) is 11.0. The molecule has 3 nitrogen and oxygen atoms in total. The van der Waals surface area contributed by atoms with Crippen LogP contribution in [0.5, 0.6) is 0 Å². The molecule has 13 heavy (non-hydrogen) atoms. The second-order valence-corrected chi connectivity index (χ2v) is 3.58. The standard InChI is InChI=1S/C10H21NO2/c1-2-10-4-3-5-11(10)6-8-13-9-7-12/h10,12H,2-9H2,1H3. The van der Waals surface area contributed by atoms with Crippen molar-refractivity contribution >= 4 is 0 Å². The second kappa shape index (κ2) is 6.35. The van der Waals surface area contributed by atoms with Gasteiger partial charge in [-0.05, 0) is 25.8 Å². The third kappa shape index (κ3) is 3.63. The summed E-state index contributed by atoms with van der Waals surface area (Å²) in [4.78, 5) is 2.50. The lowest BCUT2D eigenvalue weighted by molar-refractivity contribution is 0.0707. The van der Waals surface area contributed by atoms with Gasteiger partial charge in [0.15, 0.2) is 0 Å². The Balaban J connectivity index is 2.06. The van der Waals surface area contributed by atoms with Crippen LogP contribution < -0.4 is 0 Å². The van der Waals surface area contributed by atoms with E-state index >= 15 is 0 Å². The lowest BCUT2D eigenvalue weighted by Gasteiger charge is -2.22. The van der Waals surface area contributed by atoms with Crippen LogP contribution in [0.1, 0.15) is 26.2 Å². The third-order valence-electron chi connectivity index (χ3n) is 2.73. The topological polar surface area (TPSA) is 32.7 Å². The van der Waals surface area contributed by atoms with Gasteiger partial charge < -0.3 is 9.84 Å². The Morgan fingerprint density at radius 2 is 2.31 bits per heavy atom. The number of nitrogens with zero attached hydrogens (tertiary/aromatic N) is 1. The molecule has 78 valence electrons. The average molecular weight is 187 g/mol. The van der Waals surface area contributed by atoms with Gasteiger partial charge in [-0.25, -0.2) is 0 Å². The molecule has 1 aliphatic rings. The fraction of sp³-hybridized carbons (Fsp3) is 1.00. The van der Waals surface area contributed by atoms with E-state index in [1.807, 2.05) is 0 Å². The van der Waals surface area contributed by atoms with Gasteiger partial charge in [-0.1, -0.05) is 6.92 Å². The molecule has 1 fully saturated rings. The normalized spacial score (nSPS) is 24.0. The molecule has 1 atom stereocenters. The fourth-order valence-corrected chi connectivity index (χ4v) is 2.00. The molecule has 0 bridgehead atoms. The van der Waals surface area contributed by atoms with Crippen LogP contribution in [-0.4, -0.2) is 49.0 Å². The maximum Gasteiger partial charge on any atom is 0.0698 e. The largest absolute Gasteiger partial charge is 0.394 e. The minimum Gasteiger partial charge on any atom is -0.394 e. The summed E-state index contributed by atoms with van der Waals surface area (Å²) in [5, 5.41) is 8.52. The van der Waals surface area contributed by atoms with Gasteiger partial charge in [-0.3, -0.25) is 4.90 Å². The number of ether oxygens (including phenoxy) is 1. The van der Waals surface area contributed by atoms with Crippen LogP contribution in [0.3, 0.4) is 0 Å². The Bertz CT molecular complexity index is 130. The monoisotopic (exact) mass is 187 g/mol. The third-order valence-corrected chi connectivity index (χ3v) is 2.73. The first-order valence-electron chi connectivity index (χ1n) is 5.31. The summed E-state index contributed by atoms with van der Waals surface area (Å²) in [6.45, 7) is 5.87. The zero-order chi connectivity index (χ0) is 9.52. The predicted octanol–water partition coefficient (Wildman–Crippen LogP) is 0.870. The molecule has 1 heterocycles. The number of aliphatic hydroxyl groups excluding tert-OH is 1. The van der Waals surface area contributed by atoms with Crippen LogP contribution in [0, 0.1) is 0 Å². The number of rotatable bonds is 6. The molecular formula is C10H21NO2. The Kier molecular flexibility index (Phi) is 5.35. The lowest BCUT2D eigenvalue weighted by Crippen LogP contribution is -2.32. The highest BCUT2D eigenvalue weighted by Gasteiger charge is 2.21. The van der Waals surface area contributed by atoms with Crippen LogP contribution >= 0.6 is 0 Å². The van der Waals surface area contributed by atoms with E-state index in [0.717, 1.165) is 19.2 Å². The van der Waals surface area contributed by atoms with E-state index < -0.39 is 0 Å². The molecular weight excluding hydrogens is 166 g/mol. The Morgan fingerprint density at radius 1 is 1.46 bits per heavy atom. The predicted molar refractivity (Wildman–Crippen MR) is 52.8 cm³/mol. The molecule has 0 aromatic carbocycles. The molecule has 1 saturated heterocycles. The zero-order valence-electron chi connectivity index (χ0n) is 8.54. The SMILES string of the molecule is CCC1CCCN1CCOCCO. The Hall–Kier alpha value is -0.120. The smallest absolute Gasteiger partial charge is 0.0698 e. The minimum atomic E-state index is 0.136. The average Bonchev–Trinajstić information content (AvgIpc) is 2.60. The zero-order valence-corrected chi connectivity index (χ0v) is 8.54. The first-order valence-corrected chi connectivity index (χ1v) is 5.31. The van der Waals surface area contributed by atoms with E-state index in [4.69, 9.17) is 9.84 Å². The quantitative estimate of drug-likeness (QED) is 0.626. The lowest BCUT2D eigenvalue weighted by atomic mass is 10.2. The van der Waals surface area contributed by atoms with Gasteiger partial charge in [-0.15, -0.1) is 0 Å². The van der Waals surface area contributed by atoms with Crippen molar-refractivity contribution in [2.24, 2.45) is 0 Å². The van der Waals surface area contributed by atoms with Crippen molar-refractivity contribution in [2.75, 3.05) is 32.9 Å². The molecule has 1 unspecified atom stereocenters. The minimum absolute atomic E-state index is 0.136. The highest BCUT2D eigenvalue weighted by Crippen LogP contribution is 2.18. The molecule has 0 aliphatic carbocycles. The van der Waals surface area contributed by atoms with Gasteiger partial charge in [0.2, 0.25) is 0 Å². The summed E-state index contributed by atoms with van der Waals surface area (Å²) in [5.74, 6) is 0. The first-order chi connectivity index (χ1) is 6.38. The van der Waals surface area contributed by atoms with Crippen LogP contribution in [0.2, 0.25) is 0 Å². The molecule has 1 N–H and O–H groups in total. The molecule has 0 spiro atoms. The maximum atomic E-state index is 8.52. The summed E-state index contributed by atoms with van der Waals surface area (Å²) < 4.78 is 5.25. The van der Waals surface area contributed by atoms with Crippen molar-refractivity contribution in [1.29, 1.82) is 0 Å². The molecule has 0 radical (unpaired) electrons. The maximum absolute atomic E-state index is 8.52.